The summed E-state index contributed by atoms with van der Waals surface area (Å²) >= 11 is 3.31. The summed E-state index contributed by atoms with van der Waals surface area (Å²) in [6, 6.07) is 7.86. The molecule has 6 heteroatoms. The van der Waals surface area contributed by atoms with Gasteiger partial charge in [-0.15, -0.1) is 11.3 Å². The van der Waals surface area contributed by atoms with E-state index in [0.717, 1.165) is 28.4 Å². The highest BCUT2D eigenvalue weighted by Crippen LogP contribution is 2.40. The number of nitrogens with one attached hydrogen (secondary N) is 1. The fraction of sp³-hybridized carbons (Fsp3) is 0.350. The van der Waals surface area contributed by atoms with Crippen LogP contribution in [0, 0.1) is 6.92 Å². The van der Waals surface area contributed by atoms with E-state index < -0.39 is 0 Å². The van der Waals surface area contributed by atoms with Gasteiger partial charge in [0, 0.05) is 16.0 Å². The van der Waals surface area contributed by atoms with E-state index in [-0.39, 0.29) is 11.2 Å². The zero-order valence-electron chi connectivity index (χ0n) is 14.9. The molecule has 1 aliphatic rings. The minimum absolute atomic E-state index is 0.00490. The lowest BCUT2D eigenvalue weighted by molar-refractivity contribution is -0.115. The monoisotopic (exact) mass is 383 g/mol. The van der Waals surface area contributed by atoms with Gasteiger partial charge in [-0.25, -0.2) is 9.97 Å². The van der Waals surface area contributed by atoms with Crippen LogP contribution in [0.4, 0.5) is 5.69 Å². The maximum atomic E-state index is 12.6. The van der Waals surface area contributed by atoms with Crippen LogP contribution in [0.3, 0.4) is 0 Å². The number of benzene rings is 1. The smallest absolute Gasteiger partial charge is 0.237 e. The van der Waals surface area contributed by atoms with Gasteiger partial charge in [-0.05, 0) is 57.2 Å². The quantitative estimate of drug-likeness (QED) is 0.509. The molecule has 2 heterocycles. The number of hydrogen-bond donors (Lipinski definition) is 1. The lowest BCUT2D eigenvalue weighted by Crippen LogP contribution is -2.22. The third-order valence-corrected chi connectivity index (χ3v) is 6.99. The van der Waals surface area contributed by atoms with Gasteiger partial charge < -0.3 is 5.32 Å². The van der Waals surface area contributed by atoms with Gasteiger partial charge in [-0.1, -0.05) is 29.5 Å². The number of rotatable bonds is 4. The summed E-state index contributed by atoms with van der Waals surface area (Å²) in [4.78, 5) is 24.1. The van der Waals surface area contributed by atoms with Crippen LogP contribution in [0.1, 0.15) is 35.8 Å². The summed E-state index contributed by atoms with van der Waals surface area (Å²) in [7, 11) is 0. The summed E-state index contributed by atoms with van der Waals surface area (Å²) in [5.41, 5.74) is 3.41. The molecule has 1 atom stereocenters. The molecule has 3 aromatic rings. The Hall–Kier alpha value is -1.92. The first-order chi connectivity index (χ1) is 12.6. The van der Waals surface area contributed by atoms with E-state index >= 15 is 0 Å². The van der Waals surface area contributed by atoms with E-state index in [0.29, 0.717) is 0 Å². The second-order valence-electron chi connectivity index (χ2n) is 6.69. The summed E-state index contributed by atoms with van der Waals surface area (Å²) < 4.78 is 0. The molecular weight excluding hydrogens is 362 g/mol. The molecule has 1 N–H and O–H groups in total. The Morgan fingerprint density at radius 1 is 1.19 bits per heavy atom. The van der Waals surface area contributed by atoms with Crippen molar-refractivity contribution in [1.82, 2.24) is 9.97 Å². The average Bonchev–Trinajstić information content (AvgIpc) is 3.03. The Morgan fingerprint density at radius 3 is 2.77 bits per heavy atom. The van der Waals surface area contributed by atoms with Crippen LogP contribution in [0.5, 0.6) is 0 Å². The third kappa shape index (κ3) is 3.48. The van der Waals surface area contributed by atoms with Crippen LogP contribution in [-0.4, -0.2) is 21.1 Å². The maximum absolute atomic E-state index is 12.6. The molecule has 4 rings (SSSR count). The number of carbonyl (C=O) groups is 1. The highest BCUT2D eigenvalue weighted by molar-refractivity contribution is 8.00. The number of nitrogens with zero attached hydrogens (tertiary/aromatic N) is 2. The molecule has 0 bridgehead atoms. The first-order valence-electron chi connectivity index (χ1n) is 8.91. The van der Waals surface area contributed by atoms with Crippen molar-refractivity contribution in [3.05, 3.63) is 46.6 Å². The topological polar surface area (TPSA) is 54.9 Å². The number of amides is 1. The van der Waals surface area contributed by atoms with Crippen LogP contribution in [-0.2, 0) is 17.6 Å². The molecule has 1 unspecified atom stereocenters. The van der Waals surface area contributed by atoms with Gasteiger partial charge in [0.2, 0.25) is 5.91 Å². The minimum Gasteiger partial charge on any atom is -0.325 e. The number of carbonyl (C=O) groups excluding carboxylic acids is 1. The third-order valence-electron chi connectivity index (χ3n) is 4.69. The summed E-state index contributed by atoms with van der Waals surface area (Å²) in [6.45, 7) is 3.97. The van der Waals surface area contributed by atoms with Crippen LogP contribution < -0.4 is 5.32 Å². The van der Waals surface area contributed by atoms with Crippen LogP contribution in [0.15, 0.2) is 35.6 Å². The lowest BCUT2D eigenvalue weighted by Gasteiger charge is -2.14. The predicted octanol–water partition coefficient (Wildman–Crippen LogP) is 5.00. The number of thiophene rings is 1. The van der Waals surface area contributed by atoms with Gasteiger partial charge in [-0.2, -0.15) is 0 Å². The number of anilines is 1. The molecule has 26 heavy (non-hydrogen) atoms. The summed E-state index contributed by atoms with van der Waals surface area (Å²) in [5, 5.41) is 4.87. The molecule has 1 aliphatic carbocycles. The van der Waals surface area contributed by atoms with Gasteiger partial charge in [0.1, 0.15) is 16.2 Å². The Balaban J connectivity index is 1.55. The van der Waals surface area contributed by atoms with E-state index in [1.807, 2.05) is 38.1 Å². The first-order valence-corrected chi connectivity index (χ1v) is 10.6. The number of thioether (sulfide) groups is 1. The summed E-state index contributed by atoms with van der Waals surface area (Å²) in [6.07, 6.45) is 6.34. The molecule has 134 valence electrons. The molecule has 0 spiro atoms. The van der Waals surface area contributed by atoms with Crippen LogP contribution >= 0.6 is 23.1 Å². The lowest BCUT2D eigenvalue weighted by atomic mass is 9.97. The minimum atomic E-state index is -0.228. The molecule has 2 aromatic heterocycles. The van der Waals surface area contributed by atoms with Crippen molar-refractivity contribution in [1.29, 1.82) is 0 Å². The predicted molar refractivity (Wildman–Crippen MR) is 109 cm³/mol. The average molecular weight is 384 g/mol. The Kier molecular flexibility index (Phi) is 4.96. The zero-order chi connectivity index (χ0) is 18.1. The van der Waals surface area contributed by atoms with Crippen molar-refractivity contribution in [3.8, 4) is 0 Å². The molecule has 0 saturated heterocycles. The number of hydrogen-bond acceptors (Lipinski definition) is 5. The molecular formula is C20H21N3OS2. The largest absolute Gasteiger partial charge is 0.325 e. The van der Waals surface area contributed by atoms with E-state index in [2.05, 4.69) is 15.3 Å². The fourth-order valence-electron chi connectivity index (χ4n) is 3.25. The second kappa shape index (κ2) is 7.37. The standard InChI is InChI=1S/C20H21N3OS2/c1-12-7-9-14(10-8-12)23-18(24)13(2)25-19-17-15-5-3-4-6-16(15)26-20(17)22-11-21-19/h7-11,13H,3-6H2,1-2H3,(H,23,24). The second-order valence-corrected chi connectivity index (χ2v) is 9.10. The number of aromatic nitrogens is 2. The molecule has 1 aromatic carbocycles. The number of aryl methyl sites for hydroxylation is 3. The molecule has 0 saturated carbocycles. The molecule has 0 radical (unpaired) electrons. The van der Waals surface area contributed by atoms with Gasteiger partial charge in [-0.3, -0.25) is 4.79 Å². The normalized spacial score (nSPS) is 14.8. The van der Waals surface area contributed by atoms with Crippen molar-refractivity contribution in [2.45, 2.75) is 49.8 Å². The van der Waals surface area contributed by atoms with E-state index in [4.69, 9.17) is 0 Å². The van der Waals surface area contributed by atoms with Gasteiger partial charge in [0.05, 0.1) is 5.25 Å². The molecule has 4 nitrogen and oxygen atoms in total. The molecule has 1 amide bonds. The molecule has 0 aliphatic heterocycles. The van der Waals surface area contributed by atoms with Crippen LogP contribution in [0.25, 0.3) is 10.2 Å². The van der Waals surface area contributed by atoms with Crippen molar-refractivity contribution in [3.63, 3.8) is 0 Å². The van der Waals surface area contributed by atoms with E-state index in [1.165, 1.54) is 46.0 Å². The highest BCUT2D eigenvalue weighted by Gasteiger charge is 2.23. The highest BCUT2D eigenvalue weighted by atomic mass is 32.2. The van der Waals surface area contributed by atoms with Crippen molar-refractivity contribution >= 4 is 44.9 Å². The fourth-order valence-corrected chi connectivity index (χ4v) is 5.49. The van der Waals surface area contributed by atoms with Crippen LogP contribution in [0.2, 0.25) is 0 Å². The molecule has 0 fully saturated rings. The van der Waals surface area contributed by atoms with Crippen molar-refractivity contribution < 1.29 is 4.79 Å². The van der Waals surface area contributed by atoms with Gasteiger partial charge in [0.25, 0.3) is 0 Å². The Bertz CT molecular complexity index is 950. The first kappa shape index (κ1) is 17.5. The van der Waals surface area contributed by atoms with E-state index in [9.17, 15) is 4.79 Å². The Morgan fingerprint density at radius 2 is 1.96 bits per heavy atom. The summed E-state index contributed by atoms with van der Waals surface area (Å²) in [5.74, 6) is -0.00490. The van der Waals surface area contributed by atoms with Crippen molar-refractivity contribution in [2.75, 3.05) is 5.32 Å². The zero-order valence-corrected chi connectivity index (χ0v) is 16.5. The SMILES string of the molecule is Cc1ccc(NC(=O)C(C)Sc2ncnc3sc4c(c23)CCCC4)cc1. The van der Waals surface area contributed by atoms with Crippen molar-refractivity contribution in [2.24, 2.45) is 0 Å². The maximum Gasteiger partial charge on any atom is 0.237 e. The Labute approximate surface area is 161 Å². The van der Waals surface area contributed by atoms with E-state index in [1.54, 1.807) is 17.7 Å². The number of fused-ring (bicyclic) bond motifs is 3. The van der Waals surface area contributed by atoms with Gasteiger partial charge in [0.15, 0.2) is 0 Å². The van der Waals surface area contributed by atoms with Gasteiger partial charge >= 0.3 is 0 Å².